The molecule has 0 bridgehead atoms. The first-order chi connectivity index (χ1) is 44.9. The number of urea groups is 1. The predicted octanol–water partition coefficient (Wildman–Crippen LogP) is -1.29. The summed E-state index contributed by atoms with van der Waals surface area (Å²) in [6.45, 7) is 8.42. The Morgan fingerprint density at radius 1 is 0.760 bits per heavy atom. The molecule has 33 heteroatoms. The molecule has 526 valence electrons. The number of aromatic hydroxyl groups is 1. The van der Waals surface area contributed by atoms with Crippen molar-refractivity contribution < 1.29 is 77.6 Å². The Bertz CT molecular complexity index is 3340. The number of carboxylic acids is 1. The second-order valence-corrected chi connectivity index (χ2v) is 24.5. The van der Waals surface area contributed by atoms with Gasteiger partial charge in [-0.25, -0.2) is 15.2 Å². The highest BCUT2D eigenvalue weighted by Crippen LogP contribution is 2.25. The number of ketones is 1. The first kappa shape index (κ1) is 78.3. The fourth-order valence-electron chi connectivity index (χ4n) is 10.5. The number of benzene rings is 2. The van der Waals surface area contributed by atoms with E-state index in [1.165, 1.54) is 41.7 Å². The number of phenols is 1. The molecule has 2 fully saturated rings. The molecule has 2 aromatic heterocycles. The van der Waals surface area contributed by atoms with Gasteiger partial charge < -0.3 is 89.3 Å². The molecule has 2 aromatic carbocycles. The zero-order chi connectivity index (χ0) is 70.1. The number of imidazole rings is 1. The van der Waals surface area contributed by atoms with Crippen LogP contribution in [0.25, 0.3) is 10.9 Å². The Balaban J connectivity index is 0.00000381. The summed E-state index contributed by atoms with van der Waals surface area (Å²) in [5.74, 6) is -10.2. The number of Topliss-reactive ketones (excluding diaryl/α,β-unsaturated/α-hetero) is 1. The topological polar surface area (TPSA) is 521 Å². The molecule has 96 heavy (non-hydrogen) atoms. The number of amides is 11. The van der Waals surface area contributed by atoms with Gasteiger partial charge in [0.1, 0.15) is 48.0 Å². The summed E-state index contributed by atoms with van der Waals surface area (Å²) >= 11 is 0. The van der Waals surface area contributed by atoms with Crippen molar-refractivity contribution in [3.8, 4) is 5.75 Å². The van der Waals surface area contributed by atoms with E-state index in [0.717, 1.165) is 17.8 Å². The van der Waals surface area contributed by atoms with Gasteiger partial charge in [0, 0.05) is 80.6 Å². The zero-order valence-electron chi connectivity index (χ0n) is 54.0. The minimum absolute atomic E-state index is 0. The number of carboxylic acid groups (broad SMARTS) is 1. The molecule has 4 heterocycles. The van der Waals surface area contributed by atoms with Crippen molar-refractivity contribution in [3.05, 3.63) is 84.1 Å². The first-order valence-electron chi connectivity index (χ1n) is 31.0. The van der Waals surface area contributed by atoms with Crippen LogP contribution in [0.3, 0.4) is 0 Å². The van der Waals surface area contributed by atoms with Crippen LogP contribution in [0.1, 0.15) is 117 Å². The van der Waals surface area contributed by atoms with Crippen LogP contribution >= 0.6 is 0 Å². The highest BCUT2D eigenvalue weighted by atomic mass is 16.5. The maximum atomic E-state index is 14.8. The van der Waals surface area contributed by atoms with E-state index < -0.39 is 145 Å². The number of aliphatic hydroxyl groups is 1. The maximum absolute atomic E-state index is 14.8. The number of para-hydroxylation sites is 1. The average Bonchev–Trinajstić information content (AvgIpc) is 1.60. The van der Waals surface area contributed by atoms with Gasteiger partial charge in [-0.1, -0.05) is 51.6 Å². The first-order valence-corrected chi connectivity index (χ1v) is 31.0. The van der Waals surface area contributed by atoms with E-state index >= 15 is 0 Å². The van der Waals surface area contributed by atoms with Crippen LogP contribution in [0.2, 0.25) is 0 Å². The van der Waals surface area contributed by atoms with Crippen LogP contribution < -0.4 is 65.3 Å². The number of primary amides is 1. The van der Waals surface area contributed by atoms with Crippen molar-refractivity contribution in [2.24, 2.45) is 34.0 Å². The van der Waals surface area contributed by atoms with Crippen LogP contribution in [0.4, 0.5) is 4.79 Å². The van der Waals surface area contributed by atoms with Gasteiger partial charge in [0.2, 0.25) is 47.3 Å². The number of hydrogen-bond donors (Lipinski definition) is 17. The molecule has 20 N–H and O–H groups in total. The molecular weight excluding hydrogens is 1250 g/mol. The fraction of sp³-hybridized carbons (Fsp3) is 0.524. The summed E-state index contributed by atoms with van der Waals surface area (Å²) in [5, 5.41) is 47.7. The van der Waals surface area contributed by atoms with E-state index in [1.54, 1.807) is 46.9 Å². The summed E-state index contributed by atoms with van der Waals surface area (Å²) in [5.41, 5.74) is 21.7. The fourth-order valence-corrected chi connectivity index (χ4v) is 10.5. The number of aliphatic carboxylic acids is 1. The van der Waals surface area contributed by atoms with Gasteiger partial charge in [0.05, 0.1) is 31.2 Å². The maximum Gasteiger partial charge on any atom is 0.330 e. The number of nitrogens with one attached hydrogen (secondary N) is 11. The lowest BCUT2D eigenvalue weighted by atomic mass is 9.89. The van der Waals surface area contributed by atoms with Crippen molar-refractivity contribution in [2.45, 2.75) is 174 Å². The number of hydrogen-bond acceptors (Lipinski definition) is 17. The van der Waals surface area contributed by atoms with E-state index in [2.05, 4.69) is 62.6 Å². The number of fused-ring (bicyclic) bond motifs is 1. The standard InChI is InChI=1S/C60H85N17O14.C2H4O2.CH4/c1-32(2)22-43(52(84)69-41(12-8-20-65-58(61)62)57(89)77-21-9-13-47(77)56(88)75-76-59(63)90)71-55(87)46(30-91-60(3,4)5)74-53(85)44(23-33-14-16-37(79)17-15-33)72-54(86)45(29-78)73-50(82)34(24-35-27-66-39-11-7-6-10-38(35)39)25-48(80)42(26-36-28-64-31-67-36)70-51(83)40-18-19-49(81)68-40;1-2(3)4;/h6-7,10-11,14-17,27-28,31-32,34,40-47,66,78-79H,8-9,12-13,18-26,29-30H2,1-5H3,(H,64,67)(H,68,81)(H,69,84)(H,70,83)(H,71,87)(H,72,86)(H,73,82)(H,74,85)(H,75,88)(H4,61,62,65)(H3,63,76,90);1H3,(H,3,4);1H4. The molecule has 6 rings (SSSR count). The van der Waals surface area contributed by atoms with Crippen LogP contribution in [-0.4, -0.2) is 192 Å². The van der Waals surface area contributed by atoms with Crippen molar-refractivity contribution in [2.75, 3.05) is 26.3 Å². The molecule has 0 saturated carbocycles. The van der Waals surface area contributed by atoms with Crippen molar-refractivity contribution in [3.63, 3.8) is 0 Å². The van der Waals surface area contributed by atoms with Gasteiger partial charge in [0.25, 0.3) is 11.9 Å². The number of hydrazine groups is 1. The third-order valence-corrected chi connectivity index (χ3v) is 15.1. The van der Waals surface area contributed by atoms with Gasteiger partial charge in [-0.15, -0.1) is 0 Å². The lowest BCUT2D eigenvalue weighted by Crippen LogP contribution is -2.61. The predicted molar refractivity (Wildman–Crippen MR) is 350 cm³/mol. The number of aliphatic hydroxyl groups excluding tert-OH is 1. The van der Waals surface area contributed by atoms with Crippen LogP contribution in [0, 0.1) is 11.8 Å². The van der Waals surface area contributed by atoms with Crippen molar-refractivity contribution in [1.29, 1.82) is 0 Å². The normalized spacial score (nSPS) is 16.4. The Morgan fingerprint density at radius 3 is 2.00 bits per heavy atom. The van der Waals surface area contributed by atoms with Crippen LogP contribution in [-0.2, 0) is 76.7 Å². The largest absolute Gasteiger partial charge is 0.508 e. The Morgan fingerprint density at radius 2 is 1.39 bits per heavy atom. The Hall–Kier alpha value is -10.2. The monoisotopic (exact) mass is 1340 g/mol. The van der Waals surface area contributed by atoms with E-state index in [-0.39, 0.29) is 102 Å². The smallest absolute Gasteiger partial charge is 0.330 e. The van der Waals surface area contributed by atoms with Gasteiger partial charge in [-0.3, -0.25) is 63.2 Å². The number of aromatic nitrogens is 3. The minimum Gasteiger partial charge on any atom is -0.508 e. The highest BCUT2D eigenvalue weighted by Gasteiger charge is 2.40. The zero-order valence-corrected chi connectivity index (χ0v) is 54.0. The second kappa shape index (κ2) is 37.6. The minimum atomic E-state index is -1.76. The molecular formula is C63H93N17O16. The van der Waals surface area contributed by atoms with E-state index in [9.17, 15) is 63.0 Å². The summed E-state index contributed by atoms with van der Waals surface area (Å²) < 4.78 is 6.03. The van der Waals surface area contributed by atoms with Crippen LogP contribution in [0.5, 0.6) is 5.75 Å². The SMILES string of the molecule is C.CC(=O)O.CC(C)CC(NC(=O)C(COC(C)(C)C)NC(=O)C(Cc1ccc(O)cc1)NC(=O)C(CO)NC(=O)C(CC(=O)C(Cc1cnc[nH]1)NC(=O)C1CCC(=O)N1)Cc1c[nH]c2ccccc12)C(=O)NC(CCCN=C(N)N)C(=O)N1CCCC1C(=O)NNC(N)=O. The molecule has 9 unspecified atom stereocenters. The average molecular weight is 1340 g/mol. The summed E-state index contributed by atoms with van der Waals surface area (Å²) in [4.78, 5) is 176. The molecule has 0 aliphatic carbocycles. The molecule has 33 nitrogen and oxygen atoms in total. The highest BCUT2D eigenvalue weighted by molar-refractivity contribution is 5.99. The summed E-state index contributed by atoms with van der Waals surface area (Å²) in [7, 11) is 0. The van der Waals surface area contributed by atoms with Gasteiger partial charge in [0.15, 0.2) is 11.7 Å². The van der Waals surface area contributed by atoms with Gasteiger partial charge >= 0.3 is 6.03 Å². The molecule has 0 radical (unpaired) electrons. The molecule has 4 aromatic rings. The van der Waals surface area contributed by atoms with Crippen LogP contribution in [0.15, 0.2) is 72.2 Å². The number of phenolic OH excluding ortho intramolecular Hbond substituents is 1. The van der Waals surface area contributed by atoms with Crippen molar-refractivity contribution >= 4 is 87.8 Å². The lowest BCUT2D eigenvalue weighted by molar-refractivity contribution is -0.142. The number of rotatable bonds is 32. The third-order valence-electron chi connectivity index (χ3n) is 15.1. The Labute approximate surface area is 555 Å². The number of nitrogens with two attached hydrogens (primary N) is 3. The number of H-pyrrole nitrogens is 2. The number of carbonyl (C=O) groups excluding carboxylic acids is 11. The second-order valence-electron chi connectivity index (χ2n) is 24.5. The number of nitrogens with zero attached hydrogens (tertiary/aromatic N) is 3. The lowest BCUT2D eigenvalue weighted by Gasteiger charge is -2.31. The summed E-state index contributed by atoms with van der Waals surface area (Å²) in [6.07, 6.45) is 4.74. The molecule has 0 spiro atoms. The summed E-state index contributed by atoms with van der Waals surface area (Å²) in [6, 6.07) is 1.11. The van der Waals surface area contributed by atoms with E-state index in [0.29, 0.717) is 23.2 Å². The number of aliphatic imine (C=N–C) groups is 1. The molecule has 2 aliphatic heterocycles. The number of carbonyl (C=O) groups is 12. The van der Waals surface area contributed by atoms with Gasteiger partial charge in [-0.2, -0.15) is 0 Å². The quantitative estimate of drug-likeness (QED) is 0.0117. The molecule has 2 aliphatic rings. The third kappa shape index (κ3) is 25.6. The molecule has 11 amide bonds. The van der Waals surface area contributed by atoms with Crippen molar-refractivity contribution in [1.82, 2.24) is 67.9 Å². The molecule has 9 atom stereocenters. The number of likely N-dealkylation sites (tertiary alicyclic amines) is 1. The van der Waals surface area contributed by atoms with E-state index in [4.69, 9.17) is 31.8 Å². The Kier molecular flexibility index (Phi) is 30.7. The molecule has 2 saturated heterocycles. The van der Waals surface area contributed by atoms with E-state index in [1.807, 2.05) is 23.6 Å². The van der Waals surface area contributed by atoms with Gasteiger partial charge in [-0.05, 0) is 101 Å². The number of aromatic amines is 2. The number of guanidine groups is 1. The number of ether oxygens (including phenoxy) is 1.